The van der Waals surface area contributed by atoms with Crippen LogP contribution >= 0.6 is 69.6 Å². The Morgan fingerprint density at radius 1 is 0.375 bits per heavy atom. The molecule has 710 valence electrons. The van der Waals surface area contributed by atoms with Crippen LogP contribution in [0.15, 0.2) is 171 Å². The lowest BCUT2D eigenvalue weighted by Crippen LogP contribution is -2.05. The Kier molecular flexibility index (Phi) is 35.3. The largest absolute Gasteiger partial charge is 0.493 e. The van der Waals surface area contributed by atoms with Crippen LogP contribution < -0.4 is 83.8 Å². The molecular formula is C92H93Cl6N21O17. The minimum absolute atomic E-state index is 0.0278. The molecule has 44 heteroatoms. The van der Waals surface area contributed by atoms with Crippen LogP contribution in [-0.2, 0) is 22.0 Å². The predicted octanol–water partition coefficient (Wildman–Crippen LogP) is 18.1. The molecule has 0 atom stereocenters. The van der Waals surface area contributed by atoms with E-state index in [4.69, 9.17) is 142 Å². The van der Waals surface area contributed by atoms with Crippen molar-refractivity contribution >= 4 is 166 Å². The van der Waals surface area contributed by atoms with Gasteiger partial charge in [0.15, 0.2) is 46.0 Å². The summed E-state index contributed by atoms with van der Waals surface area (Å²) in [5.74, 6) is 9.59. The lowest BCUT2D eigenvalue weighted by Gasteiger charge is -2.14. The molecule has 136 heavy (non-hydrogen) atoms. The topological polar surface area (TPSA) is 432 Å². The number of nitrogens with zero attached hydrogens (tertiary/aromatic N) is 16. The summed E-state index contributed by atoms with van der Waals surface area (Å²) in [6.07, 6.45) is 16.4. The Morgan fingerprint density at radius 3 is 0.963 bits per heavy atom. The SMILES string of the molecule is C1CCNC1.CCOC(=O)c1ccc2c(Cl)nc(Cl)nc2c1.CCOC(=O)c1ccc2c(Nc3cn(-c4cc(OC)c(OC)c(OC)c4)cn3)nc(Cl)nc2c1.COc1cc(-n2cnc(N)c2)cc(OC)c1OC.COc1cc(-n2cnc(Nc3nc(Cl)nc4cc(CCl)ccc34)c2)cc(OC)c1OC.COc1cc(-n2cnc(Nc3nc(Cl)nc4cc(CO)ccc34)c2)cc(OC)c1OC. The molecule has 1 fully saturated rings. The molecule has 16 aromatic rings. The number of nitrogens with one attached hydrogen (secondary N) is 4. The average Bonchev–Trinajstić information content (AvgIpc) is 1.55. The van der Waals surface area contributed by atoms with Gasteiger partial charge in [-0.05, 0) is 158 Å². The smallest absolute Gasteiger partial charge is 0.338 e. The summed E-state index contributed by atoms with van der Waals surface area (Å²) in [5, 5.41) is 25.6. The molecule has 0 amide bonds. The highest BCUT2D eigenvalue weighted by Gasteiger charge is 2.23. The van der Waals surface area contributed by atoms with Gasteiger partial charge in [0.25, 0.3) is 0 Å². The lowest BCUT2D eigenvalue weighted by atomic mass is 10.1. The second kappa shape index (κ2) is 47.8. The van der Waals surface area contributed by atoms with E-state index in [1.165, 1.54) is 25.9 Å². The number of hydrogen-bond donors (Lipinski definition) is 6. The van der Waals surface area contributed by atoms with E-state index < -0.39 is 11.9 Å². The third-order valence-electron chi connectivity index (χ3n) is 20.0. The number of aliphatic hydroxyl groups excluding tert-OH is 1. The number of halogens is 6. The van der Waals surface area contributed by atoms with Crippen LogP contribution in [0.4, 0.5) is 40.7 Å². The minimum Gasteiger partial charge on any atom is -0.493 e. The number of benzene rings is 8. The highest BCUT2D eigenvalue weighted by Crippen LogP contribution is 2.44. The van der Waals surface area contributed by atoms with Gasteiger partial charge < -0.3 is 117 Å². The van der Waals surface area contributed by atoms with Crippen LogP contribution in [-0.4, -0.2) is 207 Å². The van der Waals surface area contributed by atoms with Gasteiger partial charge in [-0.25, -0.2) is 54.4 Å². The molecule has 0 unspecified atom stereocenters. The molecule has 0 saturated carbocycles. The van der Waals surface area contributed by atoms with Crippen LogP contribution in [0, 0.1) is 0 Å². The average molecular weight is 1980 g/mol. The molecule has 7 N–H and O–H groups in total. The van der Waals surface area contributed by atoms with Crippen molar-refractivity contribution in [3.63, 3.8) is 0 Å². The number of nitrogens with two attached hydrogens (primary N) is 1. The first kappa shape index (κ1) is 100. The first-order valence-corrected chi connectivity index (χ1v) is 43.5. The normalized spacial score (nSPS) is 11.2. The van der Waals surface area contributed by atoms with E-state index in [0.29, 0.717) is 166 Å². The summed E-state index contributed by atoms with van der Waals surface area (Å²) in [4.78, 5) is 74.3. The van der Waals surface area contributed by atoms with E-state index in [1.807, 2.05) is 76.0 Å². The molecule has 0 spiro atoms. The Hall–Kier alpha value is -14.6. The zero-order valence-corrected chi connectivity index (χ0v) is 80.3. The monoisotopic (exact) mass is 1970 g/mol. The highest BCUT2D eigenvalue weighted by atomic mass is 35.5. The van der Waals surface area contributed by atoms with Crippen molar-refractivity contribution in [1.29, 1.82) is 0 Å². The van der Waals surface area contributed by atoms with Crippen LogP contribution in [0.5, 0.6) is 69.0 Å². The number of aromatic nitrogens is 16. The van der Waals surface area contributed by atoms with Crippen LogP contribution in [0.1, 0.15) is 58.5 Å². The van der Waals surface area contributed by atoms with Gasteiger partial charge in [-0.2, -0.15) is 15.0 Å². The van der Waals surface area contributed by atoms with Crippen molar-refractivity contribution in [1.82, 2.24) is 83.4 Å². The standard InChI is InChI=1S/C23H22ClN5O5.C21H19Cl2N5O3.C21H20ClN5O4.C12H15N3O3.C11H8Cl2N2O2.C4H9N/c1-5-34-22(30)13-6-7-15-16(8-13)26-23(24)28-21(15)27-19-11-29(12-25-19)14-9-17(31-2)20(33-4)18(10-14)32-3;1-29-16-7-13(8-17(30-2)19(16)31-3)28-10-18(24-11-28)26-20-14-5-4-12(9-22)6-15(14)25-21(23)27-20;1-29-16-7-13(8-17(30-2)19(16)31-3)27-9-18(23-11-27)25-20-14-5-4-12(10-28)6-15(14)24-21(22)26-20;1-16-9-4-8(15-6-11(13)14-7-15)5-10(17-2)12(9)18-3;1-2-17-10(16)6-3-4-7-8(5-6)14-11(13)15-9(7)12;1-2-4-5-3-1/h6-12H,5H2,1-4H3,(H,26,27,28);4-8,10-11H,9H2,1-3H3,(H,25,26,27);4-9,11,28H,10H2,1-3H3,(H,24,25,26);4-7H,13H2,1-3H3;3-5H,2H2,1H3;5H,1-4H2. The summed E-state index contributed by atoms with van der Waals surface area (Å²) in [5.41, 5.74) is 13.5. The van der Waals surface area contributed by atoms with Gasteiger partial charge >= 0.3 is 11.9 Å². The van der Waals surface area contributed by atoms with E-state index in [1.54, 1.807) is 213 Å². The Balaban J connectivity index is 0.000000154. The molecule has 38 nitrogen and oxygen atoms in total. The quantitative estimate of drug-likeness (QED) is 0.0115. The molecule has 8 aromatic heterocycles. The molecule has 0 bridgehead atoms. The number of rotatable bonds is 28. The fourth-order valence-electron chi connectivity index (χ4n) is 13.5. The van der Waals surface area contributed by atoms with Crippen molar-refractivity contribution in [3.05, 3.63) is 220 Å². The van der Waals surface area contributed by atoms with Crippen molar-refractivity contribution in [3.8, 4) is 91.7 Å². The number of nitrogen functional groups attached to an aromatic ring is 1. The Bertz CT molecular complexity index is 6590. The van der Waals surface area contributed by atoms with Crippen LogP contribution in [0.25, 0.3) is 66.4 Å². The first-order valence-electron chi connectivity index (χ1n) is 41.1. The first-order chi connectivity index (χ1) is 65.9. The van der Waals surface area contributed by atoms with E-state index in [-0.39, 0.29) is 39.5 Å². The number of esters is 2. The highest BCUT2D eigenvalue weighted by molar-refractivity contribution is 6.36. The number of carbonyl (C=O) groups is 2. The Morgan fingerprint density at radius 2 is 0.669 bits per heavy atom. The van der Waals surface area contributed by atoms with Gasteiger partial charge in [-0.1, -0.05) is 23.7 Å². The summed E-state index contributed by atoms with van der Waals surface area (Å²) in [6, 6.07) is 35.5. The number of hydrogen-bond acceptors (Lipinski definition) is 34. The summed E-state index contributed by atoms with van der Waals surface area (Å²) in [6.45, 7) is 6.51. The number of aliphatic hydroxyl groups is 1. The number of methoxy groups -OCH3 is 12. The molecule has 1 saturated heterocycles. The van der Waals surface area contributed by atoms with Crippen molar-refractivity contribution in [2.24, 2.45) is 0 Å². The van der Waals surface area contributed by atoms with Crippen LogP contribution in [0.2, 0.25) is 26.3 Å². The third kappa shape index (κ3) is 24.7. The Labute approximate surface area is 809 Å². The van der Waals surface area contributed by atoms with E-state index in [9.17, 15) is 14.7 Å². The molecule has 17 rings (SSSR count). The third-order valence-corrected chi connectivity index (χ3v) is 21.2. The predicted molar refractivity (Wildman–Crippen MR) is 520 cm³/mol. The number of ether oxygens (including phenoxy) is 14. The van der Waals surface area contributed by atoms with Gasteiger partial charge in [0.2, 0.25) is 44.1 Å². The molecular weight excluding hydrogens is 1880 g/mol. The summed E-state index contributed by atoms with van der Waals surface area (Å²) >= 11 is 35.9. The van der Waals surface area contributed by atoms with Gasteiger partial charge in [-0.15, -0.1) is 11.6 Å². The van der Waals surface area contributed by atoms with Crippen molar-refractivity contribution in [2.45, 2.75) is 39.2 Å². The zero-order valence-electron chi connectivity index (χ0n) is 75.8. The van der Waals surface area contributed by atoms with Gasteiger partial charge in [0, 0.05) is 76.0 Å². The van der Waals surface area contributed by atoms with E-state index in [2.05, 4.69) is 81.1 Å². The maximum Gasteiger partial charge on any atom is 0.338 e. The van der Waals surface area contributed by atoms with E-state index in [0.717, 1.165) is 44.6 Å². The number of fused-ring (bicyclic) bond motifs is 4. The van der Waals surface area contributed by atoms with Gasteiger partial charge in [0.05, 0.1) is 186 Å². The number of anilines is 7. The van der Waals surface area contributed by atoms with Crippen LogP contribution in [0.3, 0.4) is 0 Å². The summed E-state index contributed by atoms with van der Waals surface area (Å²) < 4.78 is 81.6. The number of alkyl halides is 1. The number of carbonyl (C=O) groups excluding carboxylic acids is 2. The maximum absolute atomic E-state index is 12.1. The molecule has 8 aromatic carbocycles. The zero-order chi connectivity index (χ0) is 97.2. The van der Waals surface area contributed by atoms with Gasteiger partial charge in [-0.3, -0.25) is 0 Å². The summed E-state index contributed by atoms with van der Waals surface area (Å²) in [7, 11) is 18.8. The number of imidazole rings is 4. The van der Waals surface area contributed by atoms with Crippen molar-refractivity contribution in [2.75, 3.05) is 133 Å². The molecule has 1 aliphatic heterocycles. The second-order valence-corrected chi connectivity index (χ2v) is 30.3. The molecule has 9 heterocycles. The van der Waals surface area contributed by atoms with Crippen molar-refractivity contribution < 1.29 is 81.0 Å². The lowest BCUT2D eigenvalue weighted by molar-refractivity contribution is 0.0517. The molecule has 0 radical (unpaired) electrons. The minimum atomic E-state index is -0.433. The fourth-order valence-corrected chi connectivity index (χ4v) is 14.7. The molecule has 1 aliphatic rings. The maximum atomic E-state index is 12.1. The second-order valence-electron chi connectivity index (χ2n) is 28.3. The van der Waals surface area contributed by atoms with Gasteiger partial charge in [0.1, 0.15) is 71.2 Å². The van der Waals surface area contributed by atoms with E-state index >= 15 is 0 Å². The molecule has 0 aliphatic carbocycles. The fraction of sp³-hybridized carbons (Fsp3) is 0.239.